The Labute approximate surface area is 192 Å². The molecular formula is C26H40N4O2. The van der Waals surface area contributed by atoms with Gasteiger partial charge >= 0.3 is 0 Å². The highest BCUT2D eigenvalue weighted by molar-refractivity contribution is 5.77. The third kappa shape index (κ3) is 5.40. The van der Waals surface area contributed by atoms with Gasteiger partial charge in [-0.25, -0.2) is 4.98 Å². The quantitative estimate of drug-likeness (QED) is 0.665. The number of nitrogens with zero attached hydrogens (tertiary/aromatic N) is 4. The Kier molecular flexibility index (Phi) is 7.43. The van der Waals surface area contributed by atoms with Gasteiger partial charge in [-0.1, -0.05) is 39.8 Å². The number of hydrogen-bond acceptors (Lipinski definition) is 4. The van der Waals surface area contributed by atoms with Crippen LogP contribution in [0.25, 0.3) is 10.9 Å². The van der Waals surface area contributed by atoms with Gasteiger partial charge < -0.3 is 4.90 Å². The number of hydrogen-bond donors (Lipinski definition) is 0. The molecule has 1 aromatic heterocycles. The molecule has 0 radical (unpaired) electrons. The zero-order valence-electron chi connectivity index (χ0n) is 20.9. The van der Waals surface area contributed by atoms with Crippen LogP contribution < -0.4 is 5.56 Å². The molecule has 0 bridgehead atoms. The first-order valence-corrected chi connectivity index (χ1v) is 12.0. The van der Waals surface area contributed by atoms with Gasteiger partial charge in [-0.2, -0.15) is 0 Å². The number of para-hydroxylation sites is 1. The second-order valence-electron chi connectivity index (χ2n) is 10.7. The summed E-state index contributed by atoms with van der Waals surface area (Å²) in [7, 11) is 0. The van der Waals surface area contributed by atoms with Gasteiger partial charge in [0.2, 0.25) is 5.91 Å². The topological polar surface area (TPSA) is 58.4 Å². The van der Waals surface area contributed by atoms with Gasteiger partial charge in [-0.15, -0.1) is 0 Å². The molecule has 32 heavy (non-hydrogen) atoms. The highest BCUT2D eigenvalue weighted by Crippen LogP contribution is 2.28. The number of aromatic nitrogens is 2. The molecule has 0 spiro atoms. The maximum Gasteiger partial charge on any atom is 0.261 e. The van der Waals surface area contributed by atoms with Gasteiger partial charge in [-0.3, -0.25) is 19.1 Å². The minimum Gasteiger partial charge on any atom is -0.337 e. The standard InChI is InChI=1S/C26H40N4O2/c1-8-29-24(27-22-12-10-9-11-21(22)25(29)32)20(4)28-13-14-30(19(3)17-28)23(31)15-18(2)16-26(5,6)7/h9-12,18-20H,8,13-17H2,1-7H3. The normalized spacial score (nSPS) is 19.8. The van der Waals surface area contributed by atoms with Gasteiger partial charge in [0.1, 0.15) is 5.82 Å². The molecule has 1 saturated heterocycles. The lowest BCUT2D eigenvalue weighted by atomic mass is 9.84. The van der Waals surface area contributed by atoms with E-state index in [0.29, 0.717) is 24.3 Å². The number of fused-ring (bicyclic) bond motifs is 1. The largest absolute Gasteiger partial charge is 0.337 e. The third-order valence-corrected chi connectivity index (χ3v) is 6.59. The van der Waals surface area contributed by atoms with E-state index in [2.05, 4.69) is 46.4 Å². The fourth-order valence-corrected chi connectivity index (χ4v) is 5.21. The highest BCUT2D eigenvalue weighted by Gasteiger charge is 2.32. The van der Waals surface area contributed by atoms with Crippen LogP contribution in [0, 0.1) is 11.3 Å². The van der Waals surface area contributed by atoms with Crippen molar-refractivity contribution in [3.63, 3.8) is 0 Å². The first-order valence-electron chi connectivity index (χ1n) is 12.0. The second kappa shape index (κ2) is 9.74. The molecule has 3 rings (SSSR count). The summed E-state index contributed by atoms with van der Waals surface area (Å²) >= 11 is 0. The molecule has 0 saturated carbocycles. The van der Waals surface area contributed by atoms with Crippen molar-refractivity contribution in [1.82, 2.24) is 19.4 Å². The molecule has 0 N–H and O–H groups in total. The van der Waals surface area contributed by atoms with E-state index >= 15 is 0 Å². The summed E-state index contributed by atoms with van der Waals surface area (Å²) in [5.74, 6) is 1.45. The van der Waals surface area contributed by atoms with E-state index < -0.39 is 0 Å². The van der Waals surface area contributed by atoms with Crippen LogP contribution in [0.1, 0.15) is 73.2 Å². The lowest BCUT2D eigenvalue weighted by Gasteiger charge is -2.43. The minimum atomic E-state index is 0.00627. The molecule has 6 nitrogen and oxygen atoms in total. The molecule has 3 unspecified atom stereocenters. The Hall–Kier alpha value is -2.21. The van der Waals surface area contributed by atoms with E-state index in [1.807, 2.05) is 36.1 Å². The Morgan fingerprint density at radius 3 is 2.50 bits per heavy atom. The lowest BCUT2D eigenvalue weighted by molar-refractivity contribution is -0.137. The first kappa shape index (κ1) is 24.4. The summed E-state index contributed by atoms with van der Waals surface area (Å²) in [5, 5.41) is 0.665. The van der Waals surface area contributed by atoms with Crippen molar-refractivity contribution in [1.29, 1.82) is 0 Å². The van der Waals surface area contributed by atoms with E-state index in [4.69, 9.17) is 4.98 Å². The van der Waals surface area contributed by atoms with Crippen molar-refractivity contribution in [2.45, 2.75) is 79.9 Å². The van der Waals surface area contributed by atoms with Crippen molar-refractivity contribution in [3.05, 3.63) is 40.4 Å². The maximum atomic E-state index is 13.0. The fraction of sp³-hybridized carbons (Fsp3) is 0.654. The molecule has 1 aliphatic rings. The molecule has 176 valence electrons. The molecule has 1 amide bonds. The predicted octanol–water partition coefficient (Wildman–Crippen LogP) is 4.47. The molecule has 2 aromatic rings. The number of piperazine rings is 1. The number of carbonyl (C=O) groups excluding carboxylic acids is 1. The van der Waals surface area contributed by atoms with Crippen LogP contribution in [-0.2, 0) is 11.3 Å². The fourth-order valence-electron chi connectivity index (χ4n) is 5.21. The SMILES string of the molecule is CCn1c(C(C)N2CCN(C(=O)CC(C)CC(C)(C)C)C(C)C2)nc2ccccc2c1=O. The summed E-state index contributed by atoms with van der Waals surface area (Å²) < 4.78 is 1.80. The average Bonchev–Trinajstić information content (AvgIpc) is 2.71. The summed E-state index contributed by atoms with van der Waals surface area (Å²) in [4.78, 5) is 35.3. The van der Waals surface area contributed by atoms with Crippen molar-refractivity contribution in [2.24, 2.45) is 11.3 Å². The van der Waals surface area contributed by atoms with Crippen LogP contribution >= 0.6 is 0 Å². The molecular weight excluding hydrogens is 400 g/mol. The monoisotopic (exact) mass is 440 g/mol. The van der Waals surface area contributed by atoms with E-state index in [1.54, 1.807) is 4.57 Å². The molecule has 1 fully saturated rings. The maximum absolute atomic E-state index is 13.0. The number of benzene rings is 1. The Morgan fingerprint density at radius 2 is 1.88 bits per heavy atom. The Balaban J connectivity index is 1.73. The van der Waals surface area contributed by atoms with Crippen LogP contribution in [0.15, 0.2) is 29.1 Å². The number of rotatable bonds is 6. The Bertz CT molecular complexity index is 1010. The van der Waals surface area contributed by atoms with Gasteiger partial charge in [0, 0.05) is 38.6 Å². The van der Waals surface area contributed by atoms with Gasteiger partial charge in [-0.05, 0) is 50.7 Å². The summed E-state index contributed by atoms with van der Waals surface area (Å²) in [6.07, 6.45) is 1.66. The molecule has 6 heteroatoms. The summed E-state index contributed by atoms with van der Waals surface area (Å²) in [5.41, 5.74) is 1.01. The van der Waals surface area contributed by atoms with Crippen LogP contribution in [0.5, 0.6) is 0 Å². The average molecular weight is 441 g/mol. The van der Waals surface area contributed by atoms with E-state index in [-0.39, 0.29) is 29.0 Å². The predicted molar refractivity (Wildman–Crippen MR) is 131 cm³/mol. The van der Waals surface area contributed by atoms with Gasteiger partial charge in [0.25, 0.3) is 5.56 Å². The van der Waals surface area contributed by atoms with Crippen LogP contribution in [0.2, 0.25) is 0 Å². The summed E-state index contributed by atoms with van der Waals surface area (Å²) in [6, 6.07) is 7.71. The smallest absolute Gasteiger partial charge is 0.261 e. The van der Waals surface area contributed by atoms with Crippen molar-refractivity contribution >= 4 is 16.8 Å². The van der Waals surface area contributed by atoms with E-state index in [1.165, 1.54) is 0 Å². The lowest BCUT2D eigenvalue weighted by Crippen LogP contribution is -2.55. The van der Waals surface area contributed by atoms with Gasteiger partial charge in [0.05, 0.1) is 16.9 Å². The van der Waals surface area contributed by atoms with Crippen LogP contribution in [-0.4, -0.2) is 50.9 Å². The van der Waals surface area contributed by atoms with E-state index in [9.17, 15) is 9.59 Å². The molecule has 1 aliphatic heterocycles. The Morgan fingerprint density at radius 1 is 1.19 bits per heavy atom. The zero-order valence-corrected chi connectivity index (χ0v) is 20.9. The van der Waals surface area contributed by atoms with Crippen molar-refractivity contribution in [3.8, 4) is 0 Å². The molecule has 1 aromatic carbocycles. The zero-order chi connectivity index (χ0) is 23.6. The second-order valence-corrected chi connectivity index (χ2v) is 10.7. The van der Waals surface area contributed by atoms with Crippen LogP contribution in [0.4, 0.5) is 0 Å². The highest BCUT2D eigenvalue weighted by atomic mass is 16.2. The third-order valence-electron chi connectivity index (χ3n) is 6.59. The molecule has 2 heterocycles. The summed E-state index contributed by atoms with van der Waals surface area (Å²) in [6.45, 7) is 18.0. The number of carbonyl (C=O) groups is 1. The van der Waals surface area contributed by atoms with Crippen molar-refractivity contribution < 1.29 is 4.79 Å². The molecule has 3 atom stereocenters. The first-order chi connectivity index (χ1) is 15.0. The van der Waals surface area contributed by atoms with Crippen LogP contribution in [0.3, 0.4) is 0 Å². The van der Waals surface area contributed by atoms with Gasteiger partial charge in [0.15, 0.2) is 0 Å². The van der Waals surface area contributed by atoms with E-state index in [0.717, 1.165) is 37.4 Å². The van der Waals surface area contributed by atoms with Crippen molar-refractivity contribution in [2.75, 3.05) is 19.6 Å². The number of amides is 1. The minimum absolute atomic E-state index is 0.00627. The molecule has 0 aliphatic carbocycles.